The molecule has 0 aliphatic heterocycles. The molecule has 25 heavy (non-hydrogen) atoms. The fourth-order valence-corrected chi connectivity index (χ4v) is 7.87. The summed E-state index contributed by atoms with van der Waals surface area (Å²) in [4.78, 5) is 0. The summed E-state index contributed by atoms with van der Waals surface area (Å²) in [6.07, 6.45) is 6.83. The SMILES string of the molecule is C#CC#CCCCO[Si](c1ccccc1)(c1ccccc1)C(C)(C)C. The van der Waals surface area contributed by atoms with Gasteiger partial charge in [0.2, 0.25) is 0 Å². The summed E-state index contributed by atoms with van der Waals surface area (Å²) in [6.45, 7) is 7.55. The normalized spacial score (nSPS) is 11.3. The van der Waals surface area contributed by atoms with Crippen LogP contribution in [-0.4, -0.2) is 14.9 Å². The van der Waals surface area contributed by atoms with E-state index in [0.29, 0.717) is 6.61 Å². The maximum Gasteiger partial charge on any atom is 0.261 e. The average molecular weight is 347 g/mol. The van der Waals surface area contributed by atoms with Crippen LogP contribution in [0.5, 0.6) is 0 Å². The number of benzene rings is 2. The number of rotatable bonds is 6. The van der Waals surface area contributed by atoms with Crippen LogP contribution in [0, 0.1) is 24.2 Å². The summed E-state index contributed by atoms with van der Waals surface area (Å²) >= 11 is 0. The van der Waals surface area contributed by atoms with Gasteiger partial charge in [-0.3, -0.25) is 0 Å². The zero-order valence-corrected chi connectivity index (χ0v) is 16.4. The molecule has 0 saturated carbocycles. The van der Waals surface area contributed by atoms with E-state index in [0.717, 1.165) is 12.8 Å². The van der Waals surface area contributed by atoms with Gasteiger partial charge in [-0.15, -0.1) is 6.42 Å². The van der Waals surface area contributed by atoms with Crippen LogP contribution in [0.15, 0.2) is 60.7 Å². The van der Waals surface area contributed by atoms with Crippen molar-refractivity contribution in [2.24, 2.45) is 0 Å². The third-order valence-electron chi connectivity index (χ3n) is 4.34. The highest BCUT2D eigenvalue weighted by molar-refractivity contribution is 6.99. The minimum atomic E-state index is -2.41. The smallest absolute Gasteiger partial charge is 0.261 e. The third kappa shape index (κ3) is 4.43. The van der Waals surface area contributed by atoms with Crippen molar-refractivity contribution in [1.82, 2.24) is 0 Å². The Morgan fingerprint density at radius 2 is 1.44 bits per heavy atom. The Morgan fingerprint density at radius 1 is 0.920 bits per heavy atom. The molecule has 0 unspecified atom stereocenters. The molecule has 0 bridgehead atoms. The molecular formula is C23H26OSi. The van der Waals surface area contributed by atoms with E-state index in [2.05, 4.69) is 99.2 Å². The minimum absolute atomic E-state index is 0.0141. The summed E-state index contributed by atoms with van der Waals surface area (Å²) in [6, 6.07) is 21.4. The first kappa shape index (κ1) is 19.1. The molecule has 0 saturated heterocycles. The Bertz CT molecular complexity index is 715. The Hall–Kier alpha value is -2.26. The molecule has 0 amide bonds. The summed E-state index contributed by atoms with van der Waals surface area (Å²) < 4.78 is 6.77. The van der Waals surface area contributed by atoms with Crippen molar-refractivity contribution in [1.29, 1.82) is 0 Å². The van der Waals surface area contributed by atoms with Gasteiger partial charge in [0.15, 0.2) is 0 Å². The van der Waals surface area contributed by atoms with E-state index in [-0.39, 0.29) is 5.04 Å². The number of unbranched alkanes of at least 4 members (excludes halogenated alkanes) is 1. The second-order valence-corrected chi connectivity index (χ2v) is 11.4. The average Bonchev–Trinajstić information content (AvgIpc) is 2.62. The second kappa shape index (κ2) is 8.72. The molecule has 0 radical (unpaired) electrons. The van der Waals surface area contributed by atoms with E-state index >= 15 is 0 Å². The van der Waals surface area contributed by atoms with Crippen LogP contribution in [0.25, 0.3) is 0 Å². The molecule has 0 aliphatic carbocycles. The maximum absolute atomic E-state index is 6.77. The van der Waals surface area contributed by atoms with Crippen molar-refractivity contribution >= 4 is 18.7 Å². The lowest BCUT2D eigenvalue weighted by Gasteiger charge is -2.43. The molecule has 0 aliphatic rings. The van der Waals surface area contributed by atoms with Gasteiger partial charge in [-0.25, -0.2) is 0 Å². The monoisotopic (exact) mass is 346 g/mol. The summed E-state index contributed by atoms with van der Waals surface area (Å²) in [5.41, 5.74) is 0. The standard InChI is InChI=1S/C23H26OSi/c1-5-6-7-8-15-20-24-25(23(2,3)4,21-16-11-9-12-17-21)22-18-13-10-14-19-22/h1,9-14,16-19H,8,15,20H2,2-4H3. The molecule has 0 heterocycles. The lowest BCUT2D eigenvalue weighted by Crippen LogP contribution is -2.66. The highest BCUT2D eigenvalue weighted by Gasteiger charge is 2.49. The van der Waals surface area contributed by atoms with Crippen molar-refractivity contribution in [3.05, 3.63) is 60.7 Å². The highest BCUT2D eigenvalue weighted by atomic mass is 28.4. The Morgan fingerprint density at radius 3 is 1.88 bits per heavy atom. The number of hydrogen-bond acceptors (Lipinski definition) is 1. The molecule has 2 heteroatoms. The number of hydrogen-bond donors (Lipinski definition) is 0. The van der Waals surface area contributed by atoms with Crippen LogP contribution in [-0.2, 0) is 4.43 Å². The van der Waals surface area contributed by atoms with Gasteiger partial charge in [-0.05, 0) is 33.7 Å². The van der Waals surface area contributed by atoms with Crippen molar-refractivity contribution < 1.29 is 4.43 Å². The van der Waals surface area contributed by atoms with Crippen LogP contribution >= 0.6 is 0 Å². The molecule has 0 fully saturated rings. The molecule has 0 N–H and O–H groups in total. The molecule has 128 valence electrons. The molecular weight excluding hydrogens is 320 g/mol. The highest BCUT2D eigenvalue weighted by Crippen LogP contribution is 2.36. The molecule has 0 aromatic heterocycles. The summed E-state index contributed by atoms with van der Waals surface area (Å²) in [5.74, 6) is 8.02. The maximum atomic E-state index is 6.77. The van der Waals surface area contributed by atoms with Gasteiger partial charge in [-0.2, -0.15) is 0 Å². The summed E-state index contributed by atoms with van der Waals surface area (Å²) in [7, 11) is -2.41. The minimum Gasteiger partial charge on any atom is -0.407 e. The fraction of sp³-hybridized carbons (Fsp3) is 0.304. The first-order valence-corrected chi connectivity index (χ1v) is 10.6. The van der Waals surface area contributed by atoms with Crippen molar-refractivity contribution in [3.8, 4) is 24.2 Å². The van der Waals surface area contributed by atoms with Gasteiger partial charge >= 0.3 is 0 Å². The first-order valence-electron chi connectivity index (χ1n) is 8.71. The lowest BCUT2D eigenvalue weighted by atomic mass is 10.2. The quantitative estimate of drug-likeness (QED) is 0.437. The van der Waals surface area contributed by atoms with E-state index in [4.69, 9.17) is 10.8 Å². The molecule has 2 rings (SSSR count). The van der Waals surface area contributed by atoms with Crippen LogP contribution in [0.3, 0.4) is 0 Å². The predicted molar refractivity (Wildman–Crippen MR) is 109 cm³/mol. The largest absolute Gasteiger partial charge is 0.407 e. The second-order valence-electron chi connectivity index (χ2n) is 7.06. The van der Waals surface area contributed by atoms with Gasteiger partial charge in [0.25, 0.3) is 8.32 Å². The van der Waals surface area contributed by atoms with Crippen LogP contribution in [0.4, 0.5) is 0 Å². The van der Waals surface area contributed by atoms with E-state index in [1.807, 2.05) is 0 Å². The lowest BCUT2D eigenvalue weighted by molar-refractivity contribution is 0.293. The van der Waals surface area contributed by atoms with Crippen molar-refractivity contribution in [2.75, 3.05) is 6.61 Å². The van der Waals surface area contributed by atoms with Crippen LogP contribution in [0.1, 0.15) is 33.6 Å². The van der Waals surface area contributed by atoms with E-state index in [1.54, 1.807) is 0 Å². The molecule has 0 spiro atoms. The van der Waals surface area contributed by atoms with Gasteiger partial charge in [0.05, 0.1) is 0 Å². The topological polar surface area (TPSA) is 9.23 Å². The molecule has 2 aromatic carbocycles. The zero-order valence-electron chi connectivity index (χ0n) is 15.4. The van der Waals surface area contributed by atoms with Crippen LogP contribution in [0.2, 0.25) is 5.04 Å². The van der Waals surface area contributed by atoms with Gasteiger partial charge in [0, 0.05) is 13.0 Å². The summed E-state index contributed by atoms with van der Waals surface area (Å²) in [5, 5.41) is 2.63. The van der Waals surface area contributed by atoms with Crippen LogP contribution < -0.4 is 10.4 Å². The van der Waals surface area contributed by atoms with Crippen molar-refractivity contribution in [3.63, 3.8) is 0 Å². The molecule has 0 atom stereocenters. The van der Waals surface area contributed by atoms with Gasteiger partial charge in [-0.1, -0.05) is 87.4 Å². The first-order chi connectivity index (χ1) is 12.0. The zero-order chi connectivity index (χ0) is 18.2. The Labute approximate surface area is 153 Å². The predicted octanol–water partition coefficient (Wildman–Crippen LogP) is 3.98. The van der Waals surface area contributed by atoms with Gasteiger partial charge < -0.3 is 4.43 Å². The molecule has 2 aromatic rings. The third-order valence-corrected chi connectivity index (χ3v) is 9.38. The van der Waals surface area contributed by atoms with E-state index < -0.39 is 8.32 Å². The Kier molecular flexibility index (Phi) is 6.65. The van der Waals surface area contributed by atoms with E-state index in [1.165, 1.54) is 10.4 Å². The van der Waals surface area contributed by atoms with Gasteiger partial charge in [0.1, 0.15) is 0 Å². The van der Waals surface area contributed by atoms with Crippen molar-refractivity contribution in [2.45, 2.75) is 38.7 Å². The number of terminal acetylenes is 1. The fourth-order valence-electron chi connectivity index (χ4n) is 3.26. The molecule has 1 nitrogen and oxygen atoms in total. The van der Waals surface area contributed by atoms with E-state index in [9.17, 15) is 0 Å². The Balaban J connectivity index is 2.41.